The van der Waals surface area contributed by atoms with Gasteiger partial charge in [-0.15, -0.1) is 0 Å². The largest absolute Gasteiger partial charge is 0.425 e. The molecule has 2 aromatic carbocycles. The Balaban J connectivity index is 1.63. The van der Waals surface area contributed by atoms with Crippen molar-refractivity contribution in [3.05, 3.63) is 65.7 Å². The summed E-state index contributed by atoms with van der Waals surface area (Å²) in [6.07, 6.45) is 5.49. The fourth-order valence-corrected chi connectivity index (χ4v) is 6.10. The van der Waals surface area contributed by atoms with E-state index in [-0.39, 0.29) is 17.7 Å². The molecule has 2 fully saturated rings. The van der Waals surface area contributed by atoms with E-state index in [0.717, 1.165) is 31.2 Å². The number of hydrogen-bond acceptors (Lipinski definition) is 4. The van der Waals surface area contributed by atoms with Crippen molar-refractivity contribution in [1.82, 2.24) is 5.32 Å². The van der Waals surface area contributed by atoms with Crippen LogP contribution in [-0.4, -0.2) is 23.7 Å². The summed E-state index contributed by atoms with van der Waals surface area (Å²) in [5, 5.41) is 3.14. The average molecular weight is 418 g/mol. The molecule has 5 heteroatoms. The molecule has 3 aliphatic rings. The molecule has 1 heterocycles. The molecule has 0 spiro atoms. The molecule has 2 saturated carbocycles. The van der Waals surface area contributed by atoms with E-state index in [1.54, 1.807) is 24.3 Å². The molecule has 1 aliphatic heterocycles. The number of fused-ring (bicyclic) bond motifs is 3. The standard InChI is InChI=1S/C26H27NO4/c1-2-25(22(28)17-11-5-3-6-12-17)21-19-15-9-10-16-20(19)31-24(30)26(21,25)23(29)27-18-13-7-4-8-14-18/h3,5-6,9-12,15-16,18,21H,2,4,7-8,13-14H2,1H3,(H,27,29)/t21-,25+,26+/m0/s1. The van der Waals surface area contributed by atoms with Gasteiger partial charge in [0.25, 0.3) is 0 Å². The third-order valence-corrected chi connectivity index (χ3v) is 7.60. The van der Waals surface area contributed by atoms with Crippen molar-refractivity contribution < 1.29 is 19.1 Å². The third kappa shape index (κ3) is 2.65. The van der Waals surface area contributed by atoms with Crippen molar-refractivity contribution in [3.8, 4) is 5.75 Å². The number of nitrogens with one attached hydrogen (secondary N) is 1. The van der Waals surface area contributed by atoms with Gasteiger partial charge in [-0.2, -0.15) is 0 Å². The second kappa shape index (κ2) is 7.33. The maximum atomic E-state index is 13.9. The van der Waals surface area contributed by atoms with Crippen LogP contribution in [0.5, 0.6) is 5.75 Å². The van der Waals surface area contributed by atoms with Crippen LogP contribution < -0.4 is 10.1 Å². The molecule has 160 valence electrons. The van der Waals surface area contributed by atoms with Gasteiger partial charge in [0, 0.05) is 23.1 Å². The predicted molar refractivity (Wildman–Crippen MR) is 116 cm³/mol. The normalized spacial score (nSPS) is 29.3. The van der Waals surface area contributed by atoms with Crippen LogP contribution in [0.4, 0.5) is 0 Å². The molecule has 0 bridgehead atoms. The van der Waals surface area contributed by atoms with Crippen LogP contribution in [-0.2, 0) is 9.59 Å². The Morgan fingerprint density at radius 2 is 1.68 bits per heavy atom. The van der Waals surface area contributed by atoms with Gasteiger partial charge in [-0.1, -0.05) is 74.7 Å². The molecule has 5 nitrogen and oxygen atoms in total. The molecular weight excluding hydrogens is 390 g/mol. The number of para-hydroxylation sites is 1. The second-order valence-electron chi connectivity index (χ2n) is 9.00. The molecule has 2 aliphatic carbocycles. The molecule has 1 amide bonds. The second-order valence-corrected chi connectivity index (χ2v) is 9.00. The Morgan fingerprint density at radius 3 is 2.39 bits per heavy atom. The van der Waals surface area contributed by atoms with Crippen molar-refractivity contribution in [3.63, 3.8) is 0 Å². The summed E-state index contributed by atoms with van der Waals surface area (Å²) >= 11 is 0. The summed E-state index contributed by atoms with van der Waals surface area (Å²) in [5.74, 6) is -1.17. The molecule has 1 N–H and O–H groups in total. The van der Waals surface area contributed by atoms with E-state index < -0.39 is 22.7 Å². The summed E-state index contributed by atoms with van der Waals surface area (Å²) in [6.45, 7) is 1.89. The highest BCUT2D eigenvalue weighted by atomic mass is 16.5. The Bertz CT molecular complexity index is 1040. The van der Waals surface area contributed by atoms with Crippen LogP contribution in [0.15, 0.2) is 54.6 Å². The first kappa shape index (κ1) is 20.0. The van der Waals surface area contributed by atoms with Crippen LogP contribution in [0, 0.1) is 10.8 Å². The lowest BCUT2D eigenvalue weighted by Gasteiger charge is -2.28. The van der Waals surface area contributed by atoms with Crippen LogP contribution in [0.2, 0.25) is 0 Å². The van der Waals surface area contributed by atoms with E-state index in [9.17, 15) is 14.4 Å². The van der Waals surface area contributed by atoms with Crippen molar-refractivity contribution >= 4 is 17.7 Å². The van der Waals surface area contributed by atoms with Gasteiger partial charge >= 0.3 is 5.97 Å². The van der Waals surface area contributed by atoms with E-state index in [0.29, 0.717) is 17.7 Å². The van der Waals surface area contributed by atoms with Gasteiger partial charge in [0.15, 0.2) is 11.2 Å². The Hall–Kier alpha value is -2.95. The van der Waals surface area contributed by atoms with E-state index >= 15 is 0 Å². The van der Waals surface area contributed by atoms with Gasteiger partial charge in [0.05, 0.1) is 5.41 Å². The predicted octanol–water partition coefficient (Wildman–Crippen LogP) is 4.42. The van der Waals surface area contributed by atoms with Crippen molar-refractivity contribution in [2.75, 3.05) is 0 Å². The lowest BCUT2D eigenvalue weighted by molar-refractivity contribution is -0.150. The first-order valence-corrected chi connectivity index (χ1v) is 11.3. The van der Waals surface area contributed by atoms with E-state index in [2.05, 4.69) is 5.32 Å². The van der Waals surface area contributed by atoms with Crippen molar-refractivity contribution in [1.29, 1.82) is 0 Å². The molecular formula is C26H27NO4. The quantitative estimate of drug-likeness (QED) is 0.338. The minimum absolute atomic E-state index is 0.0447. The molecule has 0 saturated heterocycles. The summed E-state index contributed by atoms with van der Waals surface area (Å²) in [4.78, 5) is 41.2. The first-order chi connectivity index (χ1) is 15.1. The topological polar surface area (TPSA) is 72.5 Å². The minimum Gasteiger partial charge on any atom is -0.425 e. The van der Waals surface area contributed by atoms with Crippen molar-refractivity contribution in [2.24, 2.45) is 10.8 Å². The Kier molecular flexibility index (Phi) is 4.72. The van der Waals surface area contributed by atoms with Crippen LogP contribution in [0.3, 0.4) is 0 Å². The Morgan fingerprint density at radius 1 is 1.00 bits per heavy atom. The maximum absolute atomic E-state index is 13.9. The number of carbonyl (C=O) groups is 3. The molecule has 31 heavy (non-hydrogen) atoms. The number of carbonyl (C=O) groups excluding carboxylic acids is 3. The van der Waals surface area contributed by atoms with Crippen LogP contribution in [0.25, 0.3) is 0 Å². The number of esters is 1. The number of Topliss-reactive ketones (excluding diaryl/α,β-unsaturated/α-hetero) is 1. The molecule has 5 rings (SSSR count). The molecule has 0 aromatic heterocycles. The highest BCUT2D eigenvalue weighted by Crippen LogP contribution is 2.79. The van der Waals surface area contributed by atoms with Gasteiger partial charge in [0.1, 0.15) is 5.75 Å². The monoisotopic (exact) mass is 417 g/mol. The van der Waals surface area contributed by atoms with E-state index in [1.165, 1.54) is 6.42 Å². The summed E-state index contributed by atoms with van der Waals surface area (Å²) in [5.41, 5.74) is -1.36. The van der Waals surface area contributed by atoms with Crippen molar-refractivity contribution in [2.45, 2.75) is 57.4 Å². The van der Waals surface area contributed by atoms with E-state index in [4.69, 9.17) is 4.74 Å². The number of ether oxygens (including phenoxy) is 1. The van der Waals surface area contributed by atoms with Gasteiger partial charge in [-0.25, -0.2) is 0 Å². The van der Waals surface area contributed by atoms with Gasteiger partial charge in [-0.3, -0.25) is 14.4 Å². The number of rotatable bonds is 5. The first-order valence-electron chi connectivity index (χ1n) is 11.3. The number of benzene rings is 2. The van der Waals surface area contributed by atoms with E-state index in [1.807, 2.05) is 37.3 Å². The average Bonchev–Trinajstić information content (AvgIpc) is 3.47. The summed E-state index contributed by atoms with van der Waals surface area (Å²) in [6, 6.07) is 16.3. The van der Waals surface area contributed by atoms with Gasteiger partial charge < -0.3 is 10.1 Å². The summed E-state index contributed by atoms with van der Waals surface area (Å²) < 4.78 is 5.69. The number of ketones is 1. The SMILES string of the molecule is CC[C@]1(C(=O)c2ccccc2)[C@@H]2c3ccccc3OC(=O)[C@]21C(=O)NC1CCCCC1. The number of amides is 1. The third-order valence-electron chi connectivity index (χ3n) is 7.60. The Labute approximate surface area is 182 Å². The van der Waals surface area contributed by atoms with Crippen LogP contribution >= 0.6 is 0 Å². The number of hydrogen-bond donors (Lipinski definition) is 1. The molecule has 3 atom stereocenters. The lowest BCUT2D eigenvalue weighted by atomic mass is 9.82. The fraction of sp³-hybridized carbons (Fsp3) is 0.423. The fourth-order valence-electron chi connectivity index (χ4n) is 6.10. The molecule has 0 unspecified atom stereocenters. The minimum atomic E-state index is -1.51. The molecule has 0 radical (unpaired) electrons. The smallest absolute Gasteiger partial charge is 0.328 e. The zero-order chi connectivity index (χ0) is 21.6. The highest BCUT2D eigenvalue weighted by molar-refractivity contribution is 6.21. The van der Waals surface area contributed by atoms with Gasteiger partial charge in [-0.05, 0) is 25.3 Å². The van der Waals surface area contributed by atoms with Crippen LogP contribution in [0.1, 0.15) is 67.3 Å². The zero-order valence-electron chi connectivity index (χ0n) is 17.7. The zero-order valence-corrected chi connectivity index (χ0v) is 17.7. The van der Waals surface area contributed by atoms with Gasteiger partial charge in [0.2, 0.25) is 5.91 Å². The summed E-state index contributed by atoms with van der Waals surface area (Å²) in [7, 11) is 0. The highest BCUT2D eigenvalue weighted by Gasteiger charge is 2.89. The maximum Gasteiger partial charge on any atom is 0.328 e. The lowest BCUT2D eigenvalue weighted by Crippen LogP contribution is -2.49. The molecule has 2 aromatic rings.